The molecule has 0 aliphatic rings. The Morgan fingerprint density at radius 3 is 2.37 bits per heavy atom. The lowest BCUT2D eigenvalue weighted by Crippen LogP contribution is -2.15. The van der Waals surface area contributed by atoms with Crippen LogP contribution in [0.4, 0.5) is 8.78 Å². The third kappa shape index (κ3) is 2.06. The Morgan fingerprint density at radius 1 is 1.00 bits per heavy atom. The molecule has 0 fully saturated rings. The van der Waals surface area contributed by atoms with Gasteiger partial charge in [-0.2, -0.15) is 0 Å². The highest BCUT2D eigenvalue weighted by atomic mass is 32.1. The van der Waals surface area contributed by atoms with Crippen molar-refractivity contribution in [2.24, 2.45) is 0 Å². The average Bonchev–Trinajstić information content (AvgIpc) is 2.72. The number of rotatable bonds is 2. The number of hydrogen-bond donors (Lipinski definition) is 0. The molecule has 19 heavy (non-hydrogen) atoms. The SMILES string of the molecule is O=c1c2ccccc2sn1Cc1c(F)cccc1F. The summed E-state index contributed by atoms with van der Waals surface area (Å²) < 4.78 is 29.3. The van der Waals surface area contributed by atoms with E-state index in [4.69, 9.17) is 0 Å². The highest BCUT2D eigenvalue weighted by molar-refractivity contribution is 7.13. The largest absolute Gasteiger partial charge is 0.268 e. The van der Waals surface area contributed by atoms with Gasteiger partial charge in [-0.1, -0.05) is 29.7 Å². The summed E-state index contributed by atoms with van der Waals surface area (Å²) in [4.78, 5) is 12.1. The van der Waals surface area contributed by atoms with Gasteiger partial charge in [0, 0.05) is 5.56 Å². The van der Waals surface area contributed by atoms with Crippen molar-refractivity contribution >= 4 is 21.6 Å². The fourth-order valence-electron chi connectivity index (χ4n) is 1.95. The van der Waals surface area contributed by atoms with Crippen LogP contribution in [0.15, 0.2) is 47.3 Å². The second-order valence-corrected chi connectivity index (χ2v) is 5.19. The molecule has 0 aliphatic heterocycles. The summed E-state index contributed by atoms with van der Waals surface area (Å²) in [6.07, 6.45) is 0. The molecule has 96 valence electrons. The molecular formula is C14H9F2NOS. The average molecular weight is 277 g/mol. The number of aromatic nitrogens is 1. The van der Waals surface area contributed by atoms with E-state index in [0.717, 1.165) is 4.70 Å². The lowest BCUT2D eigenvalue weighted by molar-refractivity contribution is 0.548. The van der Waals surface area contributed by atoms with Gasteiger partial charge in [-0.15, -0.1) is 0 Å². The van der Waals surface area contributed by atoms with E-state index in [-0.39, 0.29) is 17.7 Å². The van der Waals surface area contributed by atoms with Gasteiger partial charge in [0.05, 0.1) is 16.6 Å². The molecule has 0 bridgehead atoms. The second-order valence-electron chi connectivity index (χ2n) is 4.13. The summed E-state index contributed by atoms with van der Waals surface area (Å²) in [5.74, 6) is -1.27. The zero-order valence-corrected chi connectivity index (χ0v) is 10.6. The number of halogens is 2. The Balaban J connectivity index is 2.11. The molecule has 0 saturated carbocycles. The third-order valence-electron chi connectivity index (χ3n) is 2.92. The van der Waals surface area contributed by atoms with Crippen LogP contribution in [-0.4, -0.2) is 3.96 Å². The Kier molecular flexibility index (Phi) is 2.91. The minimum atomic E-state index is -0.635. The van der Waals surface area contributed by atoms with Crippen molar-refractivity contribution in [3.8, 4) is 0 Å². The number of nitrogens with zero attached hydrogens (tertiary/aromatic N) is 1. The molecule has 0 N–H and O–H groups in total. The molecule has 2 nitrogen and oxygen atoms in total. The summed E-state index contributed by atoms with van der Waals surface area (Å²) in [5.41, 5.74) is -0.306. The topological polar surface area (TPSA) is 22.0 Å². The second kappa shape index (κ2) is 4.59. The maximum absolute atomic E-state index is 13.6. The molecule has 0 spiro atoms. The van der Waals surface area contributed by atoms with Gasteiger partial charge in [0.15, 0.2) is 0 Å². The van der Waals surface area contributed by atoms with E-state index < -0.39 is 11.6 Å². The van der Waals surface area contributed by atoms with Crippen LogP contribution in [0.1, 0.15) is 5.56 Å². The predicted molar refractivity (Wildman–Crippen MR) is 71.5 cm³/mol. The summed E-state index contributed by atoms with van der Waals surface area (Å²) in [7, 11) is 0. The maximum atomic E-state index is 13.6. The number of benzene rings is 2. The van der Waals surface area contributed by atoms with Crippen molar-refractivity contribution < 1.29 is 8.78 Å². The lowest BCUT2D eigenvalue weighted by Gasteiger charge is -2.04. The molecule has 0 unspecified atom stereocenters. The van der Waals surface area contributed by atoms with Crippen molar-refractivity contribution in [2.75, 3.05) is 0 Å². The molecule has 2 aromatic carbocycles. The van der Waals surface area contributed by atoms with Gasteiger partial charge in [-0.25, -0.2) is 8.78 Å². The highest BCUT2D eigenvalue weighted by Crippen LogP contribution is 2.19. The highest BCUT2D eigenvalue weighted by Gasteiger charge is 2.12. The zero-order valence-electron chi connectivity index (χ0n) is 9.77. The molecule has 0 saturated heterocycles. The summed E-state index contributed by atoms with van der Waals surface area (Å²) in [6.45, 7) is -0.0866. The van der Waals surface area contributed by atoms with Crippen molar-refractivity contribution in [3.05, 3.63) is 70.0 Å². The van der Waals surface area contributed by atoms with Crippen molar-refractivity contribution in [2.45, 2.75) is 6.54 Å². The van der Waals surface area contributed by atoms with Gasteiger partial charge in [-0.3, -0.25) is 8.75 Å². The van der Waals surface area contributed by atoms with E-state index in [2.05, 4.69) is 0 Å². The van der Waals surface area contributed by atoms with Gasteiger partial charge in [-0.05, 0) is 24.3 Å². The van der Waals surface area contributed by atoms with Crippen LogP contribution in [0.3, 0.4) is 0 Å². The molecule has 0 radical (unpaired) electrons. The molecule has 0 aliphatic carbocycles. The number of fused-ring (bicyclic) bond motifs is 1. The van der Waals surface area contributed by atoms with Crippen LogP contribution in [0, 0.1) is 11.6 Å². The Hall–Kier alpha value is -2.01. The maximum Gasteiger partial charge on any atom is 0.268 e. The van der Waals surface area contributed by atoms with Crippen molar-refractivity contribution in [1.82, 2.24) is 3.96 Å². The summed E-state index contributed by atoms with van der Waals surface area (Å²) >= 11 is 1.21. The molecule has 5 heteroatoms. The lowest BCUT2D eigenvalue weighted by atomic mass is 10.2. The van der Waals surface area contributed by atoms with Gasteiger partial charge >= 0.3 is 0 Å². The molecule has 1 aromatic heterocycles. The summed E-state index contributed by atoms with van der Waals surface area (Å²) in [6, 6.07) is 10.8. The smallest absolute Gasteiger partial charge is 0.268 e. The Bertz CT molecular complexity index is 786. The van der Waals surface area contributed by atoms with E-state index in [9.17, 15) is 13.6 Å². The molecular weight excluding hydrogens is 268 g/mol. The quantitative estimate of drug-likeness (QED) is 0.703. The third-order valence-corrected chi connectivity index (χ3v) is 3.98. The fraction of sp³-hybridized carbons (Fsp3) is 0.0714. The Morgan fingerprint density at radius 2 is 1.68 bits per heavy atom. The van der Waals surface area contributed by atoms with E-state index in [1.807, 2.05) is 12.1 Å². The van der Waals surface area contributed by atoms with Crippen LogP contribution in [0.5, 0.6) is 0 Å². The first-order valence-corrected chi connectivity index (χ1v) is 6.46. The molecule has 3 rings (SSSR count). The molecule has 3 aromatic rings. The van der Waals surface area contributed by atoms with Gasteiger partial charge in [0.25, 0.3) is 5.56 Å². The first-order chi connectivity index (χ1) is 9.16. The van der Waals surface area contributed by atoms with Gasteiger partial charge in [0.1, 0.15) is 11.6 Å². The predicted octanol–water partition coefficient (Wildman–Crippen LogP) is 3.39. The monoisotopic (exact) mass is 277 g/mol. The minimum Gasteiger partial charge on any atom is -0.268 e. The zero-order chi connectivity index (χ0) is 13.4. The number of hydrogen-bond acceptors (Lipinski definition) is 2. The van der Waals surface area contributed by atoms with E-state index in [1.54, 1.807) is 12.1 Å². The van der Waals surface area contributed by atoms with E-state index in [1.165, 1.54) is 33.7 Å². The van der Waals surface area contributed by atoms with Gasteiger partial charge < -0.3 is 0 Å². The van der Waals surface area contributed by atoms with Crippen LogP contribution < -0.4 is 5.56 Å². The fourth-order valence-corrected chi connectivity index (χ4v) is 2.95. The molecule has 1 heterocycles. The molecule has 0 amide bonds. The van der Waals surface area contributed by atoms with Crippen LogP contribution >= 0.6 is 11.5 Å². The normalized spacial score (nSPS) is 11.1. The summed E-state index contributed by atoms with van der Waals surface area (Å²) in [5, 5.41) is 0.573. The van der Waals surface area contributed by atoms with Crippen LogP contribution in [-0.2, 0) is 6.54 Å². The first-order valence-electron chi connectivity index (χ1n) is 5.68. The van der Waals surface area contributed by atoms with Crippen molar-refractivity contribution in [1.29, 1.82) is 0 Å². The van der Waals surface area contributed by atoms with Gasteiger partial charge in [0.2, 0.25) is 0 Å². The van der Waals surface area contributed by atoms with Crippen LogP contribution in [0.2, 0.25) is 0 Å². The van der Waals surface area contributed by atoms with E-state index in [0.29, 0.717) is 5.39 Å². The Labute approximate surface area is 111 Å². The van der Waals surface area contributed by atoms with Crippen LogP contribution in [0.25, 0.3) is 10.1 Å². The molecule has 0 atom stereocenters. The minimum absolute atomic E-state index is 0.0866. The standard InChI is InChI=1S/C14H9F2NOS/c15-11-5-3-6-12(16)10(11)8-17-14(18)9-4-1-2-7-13(9)19-17/h1-7H,8H2. The first kappa shape index (κ1) is 12.0. The van der Waals surface area contributed by atoms with Crippen molar-refractivity contribution in [3.63, 3.8) is 0 Å². The van der Waals surface area contributed by atoms with E-state index >= 15 is 0 Å².